The molecule has 2 aromatic carbocycles. The molecule has 0 unspecified atom stereocenters. The summed E-state index contributed by atoms with van der Waals surface area (Å²) in [6.07, 6.45) is 1.67. The molecule has 0 atom stereocenters. The van der Waals surface area contributed by atoms with Crippen molar-refractivity contribution < 1.29 is 14.3 Å². The number of ether oxygens (including phenoxy) is 1. The van der Waals surface area contributed by atoms with E-state index in [1.165, 1.54) is 11.3 Å². The fraction of sp³-hybridized carbons (Fsp3) is 0.200. The van der Waals surface area contributed by atoms with Crippen LogP contribution in [0, 0.1) is 0 Å². The molecule has 0 aliphatic carbocycles. The molecule has 5 nitrogen and oxygen atoms in total. The molecule has 2 N–H and O–H groups in total. The van der Waals surface area contributed by atoms with Crippen LogP contribution in [0.5, 0.6) is 5.75 Å². The zero-order chi connectivity index (χ0) is 22.4. The maximum atomic E-state index is 12.9. The molecule has 6 heteroatoms. The van der Waals surface area contributed by atoms with E-state index in [1.807, 2.05) is 29.6 Å². The third-order valence-corrected chi connectivity index (χ3v) is 5.50. The minimum Gasteiger partial charge on any atom is -0.497 e. The molecule has 1 heterocycles. The summed E-state index contributed by atoms with van der Waals surface area (Å²) in [5.41, 5.74) is 2.39. The zero-order valence-corrected chi connectivity index (χ0v) is 18.9. The van der Waals surface area contributed by atoms with Gasteiger partial charge >= 0.3 is 0 Å². The molecule has 0 bridgehead atoms. The van der Waals surface area contributed by atoms with Crippen molar-refractivity contribution in [3.8, 4) is 5.75 Å². The molecule has 0 saturated heterocycles. The molecule has 0 aliphatic heterocycles. The molecular formula is C25H26N2O3S. The number of carbonyl (C=O) groups is 2. The monoisotopic (exact) mass is 434 g/mol. The Labute approximate surface area is 186 Å². The third-order valence-electron chi connectivity index (χ3n) is 4.68. The number of rotatable bonds is 6. The first-order valence-corrected chi connectivity index (χ1v) is 10.8. The van der Waals surface area contributed by atoms with E-state index in [-0.39, 0.29) is 17.0 Å². The first kappa shape index (κ1) is 22.3. The highest BCUT2D eigenvalue weighted by Crippen LogP contribution is 2.22. The summed E-state index contributed by atoms with van der Waals surface area (Å²) >= 11 is 1.48. The lowest BCUT2D eigenvalue weighted by Gasteiger charge is -2.19. The minimum atomic E-state index is -0.404. The Morgan fingerprint density at radius 3 is 2.19 bits per heavy atom. The molecule has 160 valence electrons. The van der Waals surface area contributed by atoms with Crippen LogP contribution < -0.4 is 15.4 Å². The van der Waals surface area contributed by atoms with E-state index in [9.17, 15) is 9.59 Å². The molecule has 0 fully saturated rings. The predicted octanol–water partition coefficient (Wildman–Crippen LogP) is 5.46. The van der Waals surface area contributed by atoms with Gasteiger partial charge in [-0.05, 0) is 64.9 Å². The number of nitrogens with one attached hydrogen (secondary N) is 2. The van der Waals surface area contributed by atoms with Gasteiger partial charge in [0, 0.05) is 16.1 Å². The molecule has 3 rings (SSSR count). The van der Waals surface area contributed by atoms with Crippen LogP contribution in [0.25, 0.3) is 6.08 Å². The minimum absolute atomic E-state index is 0.00249. The van der Waals surface area contributed by atoms with Gasteiger partial charge in [0.1, 0.15) is 11.4 Å². The van der Waals surface area contributed by atoms with Gasteiger partial charge in [-0.2, -0.15) is 0 Å². The van der Waals surface area contributed by atoms with Gasteiger partial charge in [-0.25, -0.2) is 0 Å². The summed E-state index contributed by atoms with van der Waals surface area (Å²) in [4.78, 5) is 26.6. The standard InChI is InChI=1S/C25H26N2O3S/c1-25(2,3)18-9-7-17(8-10-18)23(28)27-22(16-21-6-5-15-31-21)24(29)26-19-11-13-20(30-4)14-12-19/h5-16H,1-4H3,(H,26,29)(H,27,28)/b22-16+. The lowest BCUT2D eigenvalue weighted by Crippen LogP contribution is -2.30. The molecule has 0 spiro atoms. The number of benzene rings is 2. The zero-order valence-electron chi connectivity index (χ0n) is 18.1. The van der Waals surface area contributed by atoms with Gasteiger partial charge in [-0.15, -0.1) is 11.3 Å². The van der Waals surface area contributed by atoms with Crippen molar-refractivity contribution in [2.45, 2.75) is 26.2 Å². The number of methoxy groups -OCH3 is 1. The number of amides is 2. The third kappa shape index (κ3) is 6.06. The van der Waals surface area contributed by atoms with Crippen molar-refractivity contribution in [1.29, 1.82) is 0 Å². The highest BCUT2D eigenvalue weighted by atomic mass is 32.1. The fourth-order valence-corrected chi connectivity index (χ4v) is 3.52. The van der Waals surface area contributed by atoms with Crippen molar-refractivity contribution in [3.63, 3.8) is 0 Å². The average molecular weight is 435 g/mol. The molecule has 3 aromatic rings. The number of carbonyl (C=O) groups excluding carboxylic acids is 2. The van der Waals surface area contributed by atoms with Crippen molar-refractivity contribution in [2.75, 3.05) is 12.4 Å². The van der Waals surface area contributed by atoms with Crippen LogP contribution in [-0.2, 0) is 10.2 Å². The van der Waals surface area contributed by atoms with E-state index in [2.05, 4.69) is 31.4 Å². The van der Waals surface area contributed by atoms with Gasteiger partial charge in [-0.3, -0.25) is 9.59 Å². The van der Waals surface area contributed by atoms with Crippen LogP contribution >= 0.6 is 11.3 Å². The maximum Gasteiger partial charge on any atom is 0.272 e. The summed E-state index contributed by atoms with van der Waals surface area (Å²) in [7, 11) is 1.58. The van der Waals surface area contributed by atoms with Crippen LogP contribution in [-0.4, -0.2) is 18.9 Å². The Hall–Kier alpha value is -3.38. The van der Waals surface area contributed by atoms with Crippen LogP contribution in [0.15, 0.2) is 71.7 Å². The average Bonchev–Trinajstić information content (AvgIpc) is 3.26. The van der Waals surface area contributed by atoms with E-state index in [1.54, 1.807) is 49.6 Å². The Morgan fingerprint density at radius 1 is 0.968 bits per heavy atom. The van der Waals surface area contributed by atoms with E-state index in [0.717, 1.165) is 10.4 Å². The number of anilines is 1. The quantitative estimate of drug-likeness (QED) is 0.506. The second kappa shape index (κ2) is 9.62. The molecule has 1 aromatic heterocycles. The SMILES string of the molecule is COc1ccc(NC(=O)/C(=C\c2cccs2)NC(=O)c2ccc(C(C)(C)C)cc2)cc1. The Bertz CT molecular complexity index is 1060. The molecule has 2 amide bonds. The van der Waals surface area contributed by atoms with Crippen molar-refractivity contribution in [3.05, 3.63) is 87.7 Å². The molecule has 0 saturated carbocycles. The predicted molar refractivity (Wildman–Crippen MR) is 127 cm³/mol. The summed E-state index contributed by atoms with van der Waals surface area (Å²) < 4.78 is 5.14. The van der Waals surface area contributed by atoms with Gasteiger partial charge in [0.05, 0.1) is 7.11 Å². The highest BCUT2D eigenvalue weighted by Gasteiger charge is 2.17. The number of thiophene rings is 1. The summed E-state index contributed by atoms with van der Waals surface area (Å²) in [6, 6.07) is 18.2. The lowest BCUT2D eigenvalue weighted by atomic mass is 9.87. The second-order valence-electron chi connectivity index (χ2n) is 8.04. The Morgan fingerprint density at radius 2 is 1.65 bits per heavy atom. The van der Waals surface area contributed by atoms with Crippen molar-refractivity contribution in [2.24, 2.45) is 0 Å². The number of hydrogen-bond donors (Lipinski definition) is 2. The van der Waals surface area contributed by atoms with Gasteiger partial charge in [0.25, 0.3) is 11.8 Å². The van der Waals surface area contributed by atoms with Crippen molar-refractivity contribution in [1.82, 2.24) is 5.32 Å². The smallest absolute Gasteiger partial charge is 0.272 e. The molecular weight excluding hydrogens is 408 g/mol. The summed E-state index contributed by atoms with van der Waals surface area (Å²) in [5.74, 6) is -0.0502. The topological polar surface area (TPSA) is 67.4 Å². The van der Waals surface area contributed by atoms with Crippen LogP contribution in [0.1, 0.15) is 41.6 Å². The normalized spacial score (nSPS) is 11.7. The van der Waals surface area contributed by atoms with Gasteiger partial charge in [-0.1, -0.05) is 39.0 Å². The van der Waals surface area contributed by atoms with Crippen molar-refractivity contribution >= 4 is 34.9 Å². The van der Waals surface area contributed by atoms with Crippen LogP contribution in [0.2, 0.25) is 0 Å². The molecule has 31 heavy (non-hydrogen) atoms. The lowest BCUT2D eigenvalue weighted by molar-refractivity contribution is -0.113. The molecule has 0 aliphatic rings. The Balaban J connectivity index is 1.80. The number of hydrogen-bond acceptors (Lipinski definition) is 4. The van der Waals surface area contributed by atoms with Gasteiger partial charge in [0.15, 0.2) is 0 Å². The van der Waals surface area contributed by atoms with Crippen LogP contribution in [0.3, 0.4) is 0 Å². The van der Waals surface area contributed by atoms with E-state index in [0.29, 0.717) is 17.0 Å². The second-order valence-corrected chi connectivity index (χ2v) is 9.02. The largest absolute Gasteiger partial charge is 0.497 e. The highest BCUT2D eigenvalue weighted by molar-refractivity contribution is 7.10. The first-order valence-electron chi connectivity index (χ1n) is 9.89. The van der Waals surface area contributed by atoms with Gasteiger partial charge < -0.3 is 15.4 Å². The van der Waals surface area contributed by atoms with E-state index in [4.69, 9.17) is 4.74 Å². The van der Waals surface area contributed by atoms with Gasteiger partial charge in [0.2, 0.25) is 0 Å². The van der Waals surface area contributed by atoms with E-state index >= 15 is 0 Å². The summed E-state index contributed by atoms with van der Waals surface area (Å²) in [6.45, 7) is 6.36. The first-order chi connectivity index (χ1) is 14.8. The molecule has 0 radical (unpaired) electrons. The summed E-state index contributed by atoms with van der Waals surface area (Å²) in [5, 5.41) is 7.50. The maximum absolute atomic E-state index is 12.9. The fourth-order valence-electron chi connectivity index (χ4n) is 2.86. The van der Waals surface area contributed by atoms with E-state index < -0.39 is 5.91 Å². The Kier molecular flexibility index (Phi) is 6.92. The van der Waals surface area contributed by atoms with Crippen LogP contribution in [0.4, 0.5) is 5.69 Å².